The molecule has 0 aliphatic heterocycles. The molecule has 4 heteroatoms. The Balaban J connectivity index is 1.99. The molecule has 1 spiro atoms. The largest absolute Gasteiger partial charge is 0.298 e. The molecule has 4 nitrogen and oxygen atoms in total. The zero-order valence-electron chi connectivity index (χ0n) is 15.1. The van der Waals surface area contributed by atoms with Crippen LogP contribution in [0.3, 0.4) is 0 Å². The van der Waals surface area contributed by atoms with Gasteiger partial charge in [-0.25, -0.2) is 0 Å². The molecule has 0 aromatic carbocycles. The lowest BCUT2D eigenvalue weighted by atomic mass is 9.58. The summed E-state index contributed by atoms with van der Waals surface area (Å²) in [7, 11) is 0. The predicted octanol–water partition coefficient (Wildman–Crippen LogP) is 2.63. The molecule has 0 bridgehead atoms. The summed E-state index contributed by atoms with van der Waals surface area (Å²) in [5.41, 5.74) is -3.16. The number of fused-ring (bicyclic) bond motifs is 2. The average molecular weight is 330 g/mol. The molecular weight excluding hydrogens is 304 g/mol. The van der Waals surface area contributed by atoms with E-state index in [1.165, 1.54) is 0 Å². The molecule has 0 aromatic rings. The molecule has 0 amide bonds. The monoisotopic (exact) mass is 330 g/mol. The van der Waals surface area contributed by atoms with Crippen LogP contribution in [-0.4, -0.2) is 23.1 Å². The van der Waals surface area contributed by atoms with E-state index in [1.54, 1.807) is 20.8 Å². The van der Waals surface area contributed by atoms with Crippen molar-refractivity contribution in [2.24, 2.45) is 45.8 Å². The maximum atomic E-state index is 13.7. The van der Waals surface area contributed by atoms with Crippen LogP contribution in [0.15, 0.2) is 0 Å². The van der Waals surface area contributed by atoms with E-state index in [0.717, 1.165) is 19.3 Å². The average Bonchev–Trinajstić information content (AvgIpc) is 2.95. The highest BCUT2D eigenvalue weighted by Gasteiger charge is 2.82. The zero-order chi connectivity index (χ0) is 17.8. The van der Waals surface area contributed by atoms with E-state index in [9.17, 15) is 19.2 Å². The number of carbonyl (C=O) groups is 4. The van der Waals surface area contributed by atoms with E-state index in [-0.39, 0.29) is 35.2 Å². The predicted molar refractivity (Wildman–Crippen MR) is 87.0 cm³/mol. The van der Waals surface area contributed by atoms with Gasteiger partial charge in [0.05, 0.1) is 10.8 Å². The van der Waals surface area contributed by atoms with Gasteiger partial charge in [0.15, 0.2) is 5.78 Å². The van der Waals surface area contributed by atoms with Crippen molar-refractivity contribution in [2.45, 2.75) is 53.9 Å². The molecule has 4 aliphatic rings. The van der Waals surface area contributed by atoms with Gasteiger partial charge in [-0.3, -0.25) is 19.2 Å². The van der Waals surface area contributed by atoms with Crippen LogP contribution in [0, 0.1) is 45.8 Å². The molecule has 7 atom stereocenters. The minimum absolute atomic E-state index is 0.0415. The van der Waals surface area contributed by atoms with Gasteiger partial charge in [0, 0.05) is 11.3 Å². The van der Waals surface area contributed by atoms with Crippen LogP contribution >= 0.6 is 0 Å². The summed E-state index contributed by atoms with van der Waals surface area (Å²) in [5.74, 6) is -1.44. The molecule has 0 radical (unpaired) electrons. The molecule has 0 heterocycles. The Morgan fingerprint density at radius 2 is 1.50 bits per heavy atom. The smallest absolute Gasteiger partial charge is 0.212 e. The van der Waals surface area contributed by atoms with Crippen LogP contribution in [0.4, 0.5) is 0 Å². The van der Waals surface area contributed by atoms with E-state index >= 15 is 0 Å². The van der Waals surface area contributed by atoms with Crippen LogP contribution < -0.4 is 0 Å². The summed E-state index contributed by atoms with van der Waals surface area (Å²) < 4.78 is 0. The Morgan fingerprint density at radius 1 is 0.875 bits per heavy atom. The third-order valence-corrected chi connectivity index (χ3v) is 8.16. The number of hydrogen-bond acceptors (Lipinski definition) is 4. The lowest BCUT2D eigenvalue weighted by molar-refractivity contribution is -0.155. The zero-order valence-corrected chi connectivity index (χ0v) is 15.1. The topological polar surface area (TPSA) is 68.3 Å². The van der Waals surface area contributed by atoms with Crippen molar-refractivity contribution in [1.29, 1.82) is 0 Å². The summed E-state index contributed by atoms with van der Waals surface area (Å²) in [6.07, 6.45) is 2.48. The number of carbonyl (C=O) groups excluding carboxylic acids is 4. The first kappa shape index (κ1) is 16.2. The molecule has 130 valence electrons. The van der Waals surface area contributed by atoms with E-state index in [4.69, 9.17) is 0 Å². The maximum Gasteiger partial charge on any atom is 0.212 e. The van der Waals surface area contributed by atoms with Crippen LogP contribution in [-0.2, 0) is 19.2 Å². The van der Waals surface area contributed by atoms with Gasteiger partial charge in [-0.1, -0.05) is 27.7 Å². The third-order valence-electron chi connectivity index (χ3n) is 8.16. The van der Waals surface area contributed by atoms with Gasteiger partial charge < -0.3 is 0 Å². The lowest BCUT2D eigenvalue weighted by Crippen LogP contribution is -2.53. The van der Waals surface area contributed by atoms with E-state index in [1.807, 2.05) is 6.92 Å². The highest BCUT2D eigenvalue weighted by Crippen LogP contribution is 2.73. The van der Waals surface area contributed by atoms with Crippen molar-refractivity contribution < 1.29 is 19.2 Å². The molecule has 0 aromatic heterocycles. The number of ketones is 4. The molecule has 0 N–H and O–H groups in total. The number of rotatable bonds is 0. The minimum atomic E-state index is -1.30. The van der Waals surface area contributed by atoms with Gasteiger partial charge in [-0.2, -0.15) is 0 Å². The number of Topliss-reactive ketones (excluding diaryl/α,β-unsaturated/α-hetero) is 4. The van der Waals surface area contributed by atoms with Crippen molar-refractivity contribution in [3.8, 4) is 0 Å². The summed E-state index contributed by atoms with van der Waals surface area (Å²) >= 11 is 0. The normalized spacial score (nSPS) is 52.5. The van der Waals surface area contributed by atoms with Gasteiger partial charge >= 0.3 is 0 Å². The SMILES string of the molecule is C[C@H]1CC[C@@H]2[C@@H](C)C[C@H]3[C@@H]4C(C)(C)C(=O)C(=O)[C@]4(C)C(=O)[C@@]23C1=O. The second-order valence-corrected chi connectivity index (χ2v) is 9.53. The first-order valence-electron chi connectivity index (χ1n) is 9.21. The molecule has 0 saturated heterocycles. The fraction of sp³-hybridized carbons (Fsp3) is 0.800. The fourth-order valence-corrected chi connectivity index (χ4v) is 7.28. The Morgan fingerprint density at radius 3 is 2.12 bits per heavy atom. The van der Waals surface area contributed by atoms with Crippen molar-refractivity contribution in [2.75, 3.05) is 0 Å². The van der Waals surface area contributed by atoms with Gasteiger partial charge in [0.25, 0.3) is 0 Å². The van der Waals surface area contributed by atoms with Gasteiger partial charge in [0.2, 0.25) is 11.6 Å². The van der Waals surface area contributed by atoms with Gasteiger partial charge in [-0.05, 0) is 49.9 Å². The summed E-state index contributed by atoms with van der Waals surface area (Å²) in [6.45, 7) is 9.28. The number of hydrogen-bond donors (Lipinski definition) is 0. The summed E-state index contributed by atoms with van der Waals surface area (Å²) in [6, 6.07) is 0. The maximum absolute atomic E-state index is 13.7. The quantitative estimate of drug-likeness (QED) is 0.506. The third kappa shape index (κ3) is 1.33. The Labute approximate surface area is 142 Å². The van der Waals surface area contributed by atoms with Crippen LogP contribution in [0.1, 0.15) is 53.9 Å². The summed E-state index contributed by atoms with van der Waals surface area (Å²) in [4.78, 5) is 52.4. The Kier molecular flexibility index (Phi) is 2.87. The second-order valence-electron chi connectivity index (χ2n) is 9.53. The van der Waals surface area contributed by atoms with Crippen molar-refractivity contribution in [3.05, 3.63) is 0 Å². The Hall–Kier alpha value is -1.32. The minimum Gasteiger partial charge on any atom is -0.298 e. The molecular formula is C20H26O4. The van der Waals surface area contributed by atoms with Gasteiger partial charge in [-0.15, -0.1) is 0 Å². The first-order chi connectivity index (χ1) is 11.0. The van der Waals surface area contributed by atoms with E-state index in [0.29, 0.717) is 5.92 Å². The van der Waals surface area contributed by atoms with Crippen LogP contribution in [0.25, 0.3) is 0 Å². The molecule has 0 unspecified atom stereocenters. The van der Waals surface area contributed by atoms with E-state index < -0.39 is 27.8 Å². The highest BCUT2D eigenvalue weighted by atomic mass is 16.2. The van der Waals surface area contributed by atoms with Crippen molar-refractivity contribution in [1.82, 2.24) is 0 Å². The molecule has 24 heavy (non-hydrogen) atoms. The van der Waals surface area contributed by atoms with Gasteiger partial charge in [0.1, 0.15) is 5.78 Å². The lowest BCUT2D eigenvalue weighted by Gasteiger charge is -2.42. The standard InChI is InChI=1S/C20H26O4/c1-9-6-7-11-10(2)8-12-13-18(3,4)15(22)16(23)19(13,5)17(24)20(11,12)14(9)21/h9-13H,6-8H2,1-5H3/t9-,10-,11+,12-,13+,19+,20-/m0/s1. The highest BCUT2D eigenvalue weighted by molar-refractivity contribution is 6.49. The van der Waals surface area contributed by atoms with Crippen LogP contribution in [0.2, 0.25) is 0 Å². The molecule has 4 fully saturated rings. The van der Waals surface area contributed by atoms with Crippen molar-refractivity contribution in [3.63, 3.8) is 0 Å². The first-order valence-corrected chi connectivity index (χ1v) is 9.21. The summed E-state index contributed by atoms with van der Waals surface area (Å²) in [5, 5.41) is 0. The van der Waals surface area contributed by atoms with Crippen molar-refractivity contribution >= 4 is 23.1 Å². The molecule has 4 saturated carbocycles. The van der Waals surface area contributed by atoms with E-state index in [2.05, 4.69) is 6.92 Å². The fourth-order valence-electron chi connectivity index (χ4n) is 7.28. The molecule has 4 aliphatic carbocycles. The van der Waals surface area contributed by atoms with Crippen LogP contribution in [0.5, 0.6) is 0 Å². The molecule has 4 rings (SSSR count). The second kappa shape index (κ2) is 4.25. The Bertz CT molecular complexity index is 704.